The number of phosphoric acid groups is 2. The second-order valence-corrected chi connectivity index (χ2v) is 30.5. The van der Waals surface area contributed by atoms with Gasteiger partial charge in [0, 0.05) is 25.7 Å². The summed E-state index contributed by atoms with van der Waals surface area (Å²) in [6.45, 7) is 7.28. The van der Waals surface area contributed by atoms with Gasteiger partial charge in [-0.15, -0.1) is 0 Å². The summed E-state index contributed by atoms with van der Waals surface area (Å²) >= 11 is 0. The number of aliphatic hydroxyl groups is 1. The standard InChI is InChI=1S/C76H148O17P2/c1-6-10-13-16-19-22-24-25-26-27-28-29-30-31-32-33-34-36-42-47-52-57-62-76(81)93-72(66-87-74(79)60-55-50-45-40-38-37-39-43-48-53-58-69(5)9-4)68-91-95(84,85)89-64-70(77)63-88-94(82,83)90-67-71(65-86-73(78)59-54-49-44-21-18-15-12-8-3)92-75(80)61-56-51-46-41-35-23-20-17-14-11-7-2/h69-72,77H,6-68H2,1-5H3,(H,82,83)(H,84,85)/t69?,70-,71+,72+/m0/s1. The first-order valence-electron chi connectivity index (χ1n) is 39.7. The summed E-state index contributed by atoms with van der Waals surface area (Å²) in [6.07, 6.45) is 58.4. The van der Waals surface area contributed by atoms with Gasteiger partial charge in [-0.05, 0) is 31.6 Å². The average molecular weight is 1400 g/mol. The fourth-order valence-corrected chi connectivity index (χ4v) is 13.3. The van der Waals surface area contributed by atoms with E-state index in [1.54, 1.807) is 0 Å². The Labute approximate surface area is 581 Å². The molecule has 0 heterocycles. The molecule has 3 N–H and O–H groups in total. The number of ether oxygens (including phenoxy) is 4. The second kappa shape index (κ2) is 69.2. The molecule has 0 fully saturated rings. The van der Waals surface area contributed by atoms with E-state index < -0.39 is 97.5 Å². The highest BCUT2D eigenvalue weighted by Crippen LogP contribution is 2.45. The largest absolute Gasteiger partial charge is 0.472 e. The van der Waals surface area contributed by atoms with Gasteiger partial charge < -0.3 is 33.8 Å². The van der Waals surface area contributed by atoms with Gasteiger partial charge >= 0.3 is 39.5 Å². The summed E-state index contributed by atoms with van der Waals surface area (Å²) in [5.74, 6) is -1.31. The molecule has 0 saturated carbocycles. The minimum Gasteiger partial charge on any atom is -0.462 e. The highest BCUT2D eigenvalue weighted by molar-refractivity contribution is 7.47. The highest BCUT2D eigenvalue weighted by atomic mass is 31.2. The number of rotatable bonds is 76. The molecule has 6 atom stereocenters. The van der Waals surface area contributed by atoms with Crippen LogP contribution in [0.25, 0.3) is 0 Å². The van der Waals surface area contributed by atoms with E-state index >= 15 is 0 Å². The molecule has 0 bridgehead atoms. The first kappa shape index (κ1) is 93.1. The molecule has 564 valence electrons. The lowest BCUT2D eigenvalue weighted by molar-refractivity contribution is -0.161. The van der Waals surface area contributed by atoms with Crippen LogP contribution in [0, 0.1) is 5.92 Å². The van der Waals surface area contributed by atoms with E-state index in [0.717, 1.165) is 102 Å². The topological polar surface area (TPSA) is 237 Å². The van der Waals surface area contributed by atoms with Crippen molar-refractivity contribution < 1.29 is 80.2 Å². The number of esters is 4. The Bertz CT molecular complexity index is 1820. The van der Waals surface area contributed by atoms with Gasteiger partial charge in [0.15, 0.2) is 12.2 Å². The number of carbonyl (C=O) groups excluding carboxylic acids is 4. The van der Waals surface area contributed by atoms with Crippen molar-refractivity contribution in [1.82, 2.24) is 0 Å². The molecule has 0 aromatic rings. The minimum atomic E-state index is -4.96. The zero-order valence-electron chi connectivity index (χ0n) is 61.8. The third-order valence-electron chi connectivity index (χ3n) is 18.1. The number of aliphatic hydroxyl groups excluding tert-OH is 1. The number of phosphoric ester groups is 2. The van der Waals surface area contributed by atoms with Crippen molar-refractivity contribution in [1.29, 1.82) is 0 Å². The van der Waals surface area contributed by atoms with Crippen molar-refractivity contribution in [3.63, 3.8) is 0 Å². The van der Waals surface area contributed by atoms with Gasteiger partial charge in [0.2, 0.25) is 0 Å². The first-order chi connectivity index (χ1) is 46.1. The summed E-state index contributed by atoms with van der Waals surface area (Å²) in [4.78, 5) is 72.7. The quantitative estimate of drug-likeness (QED) is 0.0222. The molecular weight excluding hydrogens is 1250 g/mol. The highest BCUT2D eigenvalue weighted by Gasteiger charge is 2.30. The molecule has 95 heavy (non-hydrogen) atoms. The summed E-state index contributed by atoms with van der Waals surface area (Å²) in [5, 5.41) is 10.6. The summed E-state index contributed by atoms with van der Waals surface area (Å²) in [5.41, 5.74) is 0. The van der Waals surface area contributed by atoms with Gasteiger partial charge in [0.05, 0.1) is 26.4 Å². The molecule has 0 aliphatic rings. The van der Waals surface area contributed by atoms with Gasteiger partial charge in [-0.25, -0.2) is 9.13 Å². The monoisotopic (exact) mass is 1400 g/mol. The molecule has 0 rings (SSSR count). The predicted molar refractivity (Wildman–Crippen MR) is 386 cm³/mol. The Morgan fingerprint density at radius 3 is 0.747 bits per heavy atom. The second-order valence-electron chi connectivity index (χ2n) is 27.6. The Hall–Kier alpha value is -1.94. The van der Waals surface area contributed by atoms with E-state index in [0.29, 0.717) is 25.7 Å². The molecule has 0 aliphatic carbocycles. The zero-order valence-corrected chi connectivity index (χ0v) is 63.6. The van der Waals surface area contributed by atoms with Gasteiger partial charge in [-0.2, -0.15) is 0 Å². The van der Waals surface area contributed by atoms with E-state index in [1.165, 1.54) is 218 Å². The van der Waals surface area contributed by atoms with E-state index in [4.69, 9.17) is 37.0 Å². The first-order valence-corrected chi connectivity index (χ1v) is 42.7. The van der Waals surface area contributed by atoms with Crippen molar-refractivity contribution in [3.8, 4) is 0 Å². The lowest BCUT2D eigenvalue weighted by Crippen LogP contribution is -2.30. The molecule has 19 heteroatoms. The fourth-order valence-electron chi connectivity index (χ4n) is 11.7. The maximum Gasteiger partial charge on any atom is 0.472 e. The Balaban J connectivity index is 5.16. The lowest BCUT2D eigenvalue weighted by atomic mass is 9.99. The third kappa shape index (κ3) is 69.0. The summed E-state index contributed by atoms with van der Waals surface area (Å²) < 4.78 is 68.4. The lowest BCUT2D eigenvalue weighted by Gasteiger charge is -2.21. The maximum atomic E-state index is 13.1. The molecule has 0 saturated heterocycles. The van der Waals surface area contributed by atoms with Crippen LogP contribution in [0.1, 0.15) is 401 Å². The van der Waals surface area contributed by atoms with Crippen LogP contribution in [0.3, 0.4) is 0 Å². The minimum absolute atomic E-state index is 0.107. The van der Waals surface area contributed by atoms with Crippen LogP contribution < -0.4 is 0 Å². The van der Waals surface area contributed by atoms with E-state index in [1.807, 2.05) is 0 Å². The van der Waals surface area contributed by atoms with Crippen molar-refractivity contribution in [3.05, 3.63) is 0 Å². The SMILES string of the molecule is CCCCCCCCCCCCCCCCCCCCCCCCC(=O)O[C@H](COC(=O)CCCCCCCCCCCCC(C)CC)COP(=O)(O)OC[C@@H](O)COP(=O)(O)OC[C@@H](COC(=O)CCCCCCCCCC)OC(=O)CCCCCCCCCCCCC. The van der Waals surface area contributed by atoms with Crippen LogP contribution in [-0.2, 0) is 65.4 Å². The van der Waals surface area contributed by atoms with Crippen molar-refractivity contribution in [2.24, 2.45) is 5.92 Å². The van der Waals surface area contributed by atoms with Crippen LogP contribution in [0.2, 0.25) is 0 Å². The third-order valence-corrected chi connectivity index (χ3v) is 20.0. The number of carbonyl (C=O) groups is 4. The fraction of sp³-hybridized carbons (Fsp3) is 0.947. The van der Waals surface area contributed by atoms with E-state index in [-0.39, 0.29) is 25.7 Å². The van der Waals surface area contributed by atoms with Crippen LogP contribution in [0.4, 0.5) is 0 Å². The zero-order chi connectivity index (χ0) is 69.8. The Morgan fingerprint density at radius 1 is 0.295 bits per heavy atom. The van der Waals surface area contributed by atoms with Gasteiger partial charge in [0.1, 0.15) is 19.3 Å². The van der Waals surface area contributed by atoms with E-state index in [2.05, 4.69) is 34.6 Å². The Kier molecular flexibility index (Phi) is 67.7. The molecule has 17 nitrogen and oxygen atoms in total. The van der Waals surface area contributed by atoms with Gasteiger partial charge in [-0.1, -0.05) is 349 Å². The number of hydrogen-bond acceptors (Lipinski definition) is 15. The van der Waals surface area contributed by atoms with Crippen molar-refractivity contribution >= 4 is 39.5 Å². The van der Waals surface area contributed by atoms with Crippen LogP contribution in [-0.4, -0.2) is 96.7 Å². The summed E-state index contributed by atoms with van der Waals surface area (Å²) in [7, 11) is -9.90. The number of unbranched alkanes of at least 4 members (excludes halogenated alkanes) is 47. The molecule has 0 spiro atoms. The molecule has 3 unspecified atom stereocenters. The van der Waals surface area contributed by atoms with Crippen molar-refractivity contribution in [2.45, 2.75) is 419 Å². The van der Waals surface area contributed by atoms with Gasteiger partial charge in [0.25, 0.3) is 0 Å². The smallest absolute Gasteiger partial charge is 0.462 e. The molecule has 0 radical (unpaired) electrons. The molecule has 0 amide bonds. The Morgan fingerprint density at radius 2 is 0.505 bits per heavy atom. The van der Waals surface area contributed by atoms with Crippen LogP contribution in [0.5, 0.6) is 0 Å². The van der Waals surface area contributed by atoms with Crippen molar-refractivity contribution in [2.75, 3.05) is 39.6 Å². The predicted octanol–water partition coefficient (Wildman–Crippen LogP) is 22.5. The normalized spacial score (nSPS) is 14.2. The van der Waals surface area contributed by atoms with Crippen LogP contribution in [0.15, 0.2) is 0 Å². The number of hydrogen-bond donors (Lipinski definition) is 3. The summed E-state index contributed by atoms with van der Waals surface area (Å²) in [6, 6.07) is 0. The molecular formula is C76H148O17P2. The molecule has 0 aromatic heterocycles. The molecule has 0 aliphatic heterocycles. The molecule has 0 aromatic carbocycles. The average Bonchev–Trinajstić information content (AvgIpc) is 2.01. The van der Waals surface area contributed by atoms with Crippen LogP contribution >= 0.6 is 15.6 Å². The van der Waals surface area contributed by atoms with E-state index in [9.17, 15) is 43.2 Å². The van der Waals surface area contributed by atoms with Gasteiger partial charge in [-0.3, -0.25) is 37.3 Å². The maximum absolute atomic E-state index is 13.1.